The van der Waals surface area contributed by atoms with Gasteiger partial charge in [0.05, 0.1) is 18.8 Å². The molecule has 0 amide bonds. The lowest BCUT2D eigenvalue weighted by molar-refractivity contribution is 0.865. The van der Waals surface area contributed by atoms with Gasteiger partial charge in [-0.15, -0.1) is 11.3 Å². The number of nitrogens with zero attached hydrogens (tertiary/aromatic N) is 2. The lowest BCUT2D eigenvalue weighted by Gasteiger charge is -2.11. The molecule has 2 aromatic rings. The van der Waals surface area contributed by atoms with Crippen LogP contribution in [0, 0.1) is 0 Å². The van der Waals surface area contributed by atoms with Crippen molar-refractivity contribution in [3.63, 3.8) is 0 Å². The van der Waals surface area contributed by atoms with Gasteiger partial charge in [-0.05, 0) is 66.7 Å². The Hall–Kier alpha value is 0.0200. The van der Waals surface area contributed by atoms with Crippen LogP contribution in [0.4, 0.5) is 5.82 Å². The van der Waals surface area contributed by atoms with E-state index in [4.69, 9.17) is 4.98 Å². The molecule has 0 fully saturated rings. The third kappa shape index (κ3) is 4.27. The van der Waals surface area contributed by atoms with Crippen LogP contribution in [0.3, 0.4) is 0 Å². The molecule has 0 aliphatic carbocycles. The standard InChI is InChI=1S/C14H16Br3N3S/c1-3-5-9-11(16)14(18-6-4-2)20-13(19-9)10-7-8(15)12(17)21-10/h7H,3-6H2,1-2H3,(H,18,19,20). The molecule has 0 atom stereocenters. The first-order chi connectivity index (χ1) is 10.1. The summed E-state index contributed by atoms with van der Waals surface area (Å²) in [5, 5.41) is 3.38. The quantitative estimate of drug-likeness (QED) is 0.511. The van der Waals surface area contributed by atoms with E-state index in [0.29, 0.717) is 0 Å². The Kier molecular flexibility index (Phi) is 6.65. The van der Waals surface area contributed by atoms with Crippen LogP contribution < -0.4 is 5.32 Å². The van der Waals surface area contributed by atoms with Crippen LogP contribution in [0.1, 0.15) is 32.4 Å². The van der Waals surface area contributed by atoms with Crippen molar-refractivity contribution in [2.75, 3.05) is 11.9 Å². The van der Waals surface area contributed by atoms with Crippen LogP contribution in [0.15, 0.2) is 18.8 Å². The highest BCUT2D eigenvalue weighted by atomic mass is 79.9. The third-order valence-corrected chi connectivity index (χ3v) is 6.90. The third-order valence-electron chi connectivity index (χ3n) is 2.81. The van der Waals surface area contributed by atoms with Crippen molar-refractivity contribution in [2.45, 2.75) is 33.1 Å². The Morgan fingerprint density at radius 1 is 1.14 bits per heavy atom. The predicted octanol–water partition coefficient (Wildman–Crippen LogP) is 6.27. The summed E-state index contributed by atoms with van der Waals surface area (Å²) in [4.78, 5) is 10.5. The number of rotatable bonds is 6. The Morgan fingerprint density at radius 3 is 2.48 bits per heavy atom. The number of hydrogen-bond donors (Lipinski definition) is 1. The van der Waals surface area contributed by atoms with Gasteiger partial charge in [0.15, 0.2) is 5.82 Å². The SMILES string of the molecule is CCCNc1nc(-c2cc(Br)c(Br)s2)nc(CCC)c1Br. The Labute approximate surface area is 154 Å². The van der Waals surface area contributed by atoms with E-state index in [0.717, 1.165) is 60.8 Å². The smallest absolute Gasteiger partial charge is 0.172 e. The minimum absolute atomic E-state index is 0.775. The van der Waals surface area contributed by atoms with Crippen molar-refractivity contribution in [1.29, 1.82) is 0 Å². The van der Waals surface area contributed by atoms with Crippen LogP contribution in [0.5, 0.6) is 0 Å². The van der Waals surface area contributed by atoms with Gasteiger partial charge >= 0.3 is 0 Å². The lowest BCUT2D eigenvalue weighted by Crippen LogP contribution is -2.07. The molecule has 3 nitrogen and oxygen atoms in total. The fraction of sp³-hybridized carbons (Fsp3) is 0.429. The van der Waals surface area contributed by atoms with E-state index in [1.165, 1.54) is 0 Å². The van der Waals surface area contributed by atoms with Crippen LogP contribution >= 0.6 is 59.1 Å². The Bertz CT molecular complexity index is 609. The first-order valence-electron chi connectivity index (χ1n) is 6.82. The lowest BCUT2D eigenvalue weighted by atomic mass is 10.2. The van der Waals surface area contributed by atoms with E-state index in [-0.39, 0.29) is 0 Å². The maximum Gasteiger partial charge on any atom is 0.172 e. The molecule has 1 N–H and O–H groups in total. The van der Waals surface area contributed by atoms with Crippen LogP contribution in [-0.4, -0.2) is 16.5 Å². The molecular weight excluding hydrogens is 482 g/mol. The van der Waals surface area contributed by atoms with Gasteiger partial charge in [0.1, 0.15) is 5.82 Å². The zero-order valence-corrected chi connectivity index (χ0v) is 17.4. The first kappa shape index (κ1) is 17.4. The van der Waals surface area contributed by atoms with Crippen LogP contribution in [-0.2, 0) is 6.42 Å². The molecule has 0 unspecified atom stereocenters. The van der Waals surface area contributed by atoms with E-state index in [9.17, 15) is 0 Å². The maximum absolute atomic E-state index is 4.73. The Morgan fingerprint density at radius 2 is 1.90 bits per heavy atom. The second kappa shape index (κ2) is 8.04. The number of anilines is 1. The molecule has 0 bridgehead atoms. The van der Waals surface area contributed by atoms with Crippen LogP contribution in [0.25, 0.3) is 10.7 Å². The molecule has 0 aromatic carbocycles. The van der Waals surface area contributed by atoms with Crippen molar-refractivity contribution in [3.8, 4) is 10.7 Å². The summed E-state index contributed by atoms with van der Waals surface area (Å²) in [5.41, 5.74) is 1.06. The van der Waals surface area contributed by atoms with E-state index >= 15 is 0 Å². The van der Waals surface area contributed by atoms with Crippen molar-refractivity contribution in [3.05, 3.63) is 24.5 Å². The van der Waals surface area contributed by atoms with Gasteiger partial charge in [0, 0.05) is 11.0 Å². The zero-order valence-electron chi connectivity index (χ0n) is 11.8. The largest absolute Gasteiger partial charge is 0.369 e. The highest BCUT2D eigenvalue weighted by molar-refractivity contribution is 9.13. The van der Waals surface area contributed by atoms with E-state index in [1.54, 1.807) is 11.3 Å². The van der Waals surface area contributed by atoms with Crippen molar-refractivity contribution >= 4 is 64.9 Å². The average Bonchev–Trinajstić information content (AvgIpc) is 2.80. The highest BCUT2D eigenvalue weighted by Gasteiger charge is 2.15. The van der Waals surface area contributed by atoms with Crippen molar-refractivity contribution in [1.82, 2.24) is 9.97 Å². The van der Waals surface area contributed by atoms with Gasteiger partial charge in [-0.2, -0.15) is 0 Å². The Balaban J connectivity index is 2.47. The minimum Gasteiger partial charge on any atom is -0.369 e. The second-order valence-corrected chi connectivity index (χ2v) is 8.58. The minimum atomic E-state index is 0.775. The molecule has 7 heteroatoms. The molecule has 21 heavy (non-hydrogen) atoms. The molecular formula is C14H16Br3N3S. The fourth-order valence-corrected chi connectivity index (χ4v) is 4.31. The van der Waals surface area contributed by atoms with Crippen LogP contribution in [0.2, 0.25) is 0 Å². The summed E-state index contributed by atoms with van der Waals surface area (Å²) in [6, 6.07) is 2.05. The molecule has 0 saturated heterocycles. The number of aryl methyl sites for hydroxylation is 1. The van der Waals surface area contributed by atoms with Gasteiger partial charge < -0.3 is 5.32 Å². The fourth-order valence-electron chi connectivity index (χ4n) is 1.82. The van der Waals surface area contributed by atoms with Gasteiger partial charge in [-0.1, -0.05) is 20.3 Å². The molecule has 2 aromatic heterocycles. The normalized spacial score (nSPS) is 10.9. The summed E-state index contributed by atoms with van der Waals surface area (Å²) in [6.07, 6.45) is 3.05. The summed E-state index contributed by atoms with van der Waals surface area (Å²) in [6.45, 7) is 5.20. The van der Waals surface area contributed by atoms with Gasteiger partial charge in [0.25, 0.3) is 0 Å². The van der Waals surface area contributed by atoms with E-state index in [2.05, 4.69) is 78.0 Å². The molecule has 0 aliphatic rings. The monoisotopic (exact) mass is 495 g/mol. The highest BCUT2D eigenvalue weighted by Crippen LogP contribution is 2.38. The number of halogens is 3. The molecule has 2 heterocycles. The number of nitrogens with one attached hydrogen (secondary N) is 1. The van der Waals surface area contributed by atoms with Crippen molar-refractivity contribution < 1.29 is 0 Å². The molecule has 0 saturated carbocycles. The summed E-state index contributed by atoms with van der Waals surface area (Å²) < 4.78 is 3.08. The first-order valence-corrected chi connectivity index (χ1v) is 10.0. The molecule has 0 aliphatic heterocycles. The van der Waals surface area contributed by atoms with Gasteiger partial charge in [0.2, 0.25) is 0 Å². The number of thiophene rings is 1. The summed E-state index contributed by atoms with van der Waals surface area (Å²) in [5.74, 6) is 1.66. The average molecular weight is 498 g/mol. The summed E-state index contributed by atoms with van der Waals surface area (Å²) in [7, 11) is 0. The summed E-state index contributed by atoms with van der Waals surface area (Å²) >= 11 is 12.3. The van der Waals surface area contributed by atoms with Gasteiger partial charge in [-0.3, -0.25) is 0 Å². The second-order valence-electron chi connectivity index (χ2n) is 4.57. The van der Waals surface area contributed by atoms with Crippen molar-refractivity contribution in [2.24, 2.45) is 0 Å². The van der Waals surface area contributed by atoms with E-state index in [1.807, 2.05) is 0 Å². The maximum atomic E-state index is 4.73. The topological polar surface area (TPSA) is 37.8 Å². The number of hydrogen-bond acceptors (Lipinski definition) is 4. The molecule has 0 spiro atoms. The zero-order chi connectivity index (χ0) is 15.4. The molecule has 114 valence electrons. The van der Waals surface area contributed by atoms with Gasteiger partial charge in [-0.25, -0.2) is 9.97 Å². The van der Waals surface area contributed by atoms with E-state index < -0.39 is 0 Å². The molecule has 0 radical (unpaired) electrons. The molecule has 2 rings (SSSR count). The number of aromatic nitrogens is 2. The predicted molar refractivity (Wildman–Crippen MR) is 101 cm³/mol.